The smallest absolute Gasteiger partial charge is 0.252 e. The minimum Gasteiger partial charge on any atom is -0.389 e. The van der Waals surface area contributed by atoms with E-state index in [9.17, 15) is 19.5 Å². The number of likely N-dealkylation sites (tertiary alicyclic amines) is 1. The second-order valence-corrected chi connectivity index (χ2v) is 7.06. The maximum atomic E-state index is 12.5. The van der Waals surface area contributed by atoms with Crippen LogP contribution in [0.4, 0.5) is 0 Å². The Morgan fingerprint density at radius 2 is 2.14 bits per heavy atom. The van der Waals surface area contributed by atoms with Crippen molar-refractivity contribution in [2.75, 3.05) is 33.7 Å². The van der Waals surface area contributed by atoms with Crippen LogP contribution in [0.25, 0.3) is 10.9 Å². The lowest BCUT2D eigenvalue weighted by Gasteiger charge is -2.23. The molecule has 1 aromatic heterocycles. The summed E-state index contributed by atoms with van der Waals surface area (Å²) in [7, 11) is 3.22. The van der Waals surface area contributed by atoms with Crippen LogP contribution < -0.4 is 5.32 Å². The number of aromatic nitrogens is 1. The van der Waals surface area contributed by atoms with E-state index in [2.05, 4.69) is 10.3 Å². The summed E-state index contributed by atoms with van der Waals surface area (Å²) in [5.41, 5.74) is 1.19. The van der Waals surface area contributed by atoms with E-state index in [0.29, 0.717) is 24.0 Å². The number of nitrogens with zero attached hydrogens (tertiary/aromatic N) is 3. The Kier molecular flexibility index (Phi) is 5.89. The van der Waals surface area contributed by atoms with Crippen LogP contribution in [0.15, 0.2) is 36.5 Å². The maximum Gasteiger partial charge on any atom is 0.252 e. The Balaban J connectivity index is 1.55. The summed E-state index contributed by atoms with van der Waals surface area (Å²) in [6.45, 7) is 0.580. The fourth-order valence-corrected chi connectivity index (χ4v) is 3.40. The minimum absolute atomic E-state index is 0.00831. The van der Waals surface area contributed by atoms with E-state index in [1.807, 2.05) is 12.1 Å². The van der Waals surface area contributed by atoms with E-state index in [4.69, 9.17) is 0 Å². The van der Waals surface area contributed by atoms with Crippen molar-refractivity contribution in [3.63, 3.8) is 0 Å². The zero-order valence-corrected chi connectivity index (χ0v) is 16.0. The highest BCUT2D eigenvalue weighted by Gasteiger charge is 2.36. The highest BCUT2D eigenvalue weighted by Crippen LogP contribution is 2.19. The third kappa shape index (κ3) is 4.12. The summed E-state index contributed by atoms with van der Waals surface area (Å²) >= 11 is 0. The number of pyridine rings is 1. The molecule has 2 heterocycles. The van der Waals surface area contributed by atoms with E-state index in [1.165, 1.54) is 9.80 Å². The molecule has 3 amide bonds. The first kappa shape index (κ1) is 19.8. The predicted molar refractivity (Wildman–Crippen MR) is 103 cm³/mol. The van der Waals surface area contributed by atoms with Crippen LogP contribution in [-0.2, 0) is 9.59 Å². The lowest BCUT2D eigenvalue weighted by atomic mass is 10.1. The molecular formula is C20H24N4O4. The molecule has 0 aliphatic carbocycles. The summed E-state index contributed by atoms with van der Waals surface area (Å²) in [4.78, 5) is 44.0. The van der Waals surface area contributed by atoms with Crippen molar-refractivity contribution >= 4 is 28.6 Å². The van der Waals surface area contributed by atoms with Gasteiger partial charge in [-0.15, -0.1) is 0 Å². The van der Waals surface area contributed by atoms with Crippen molar-refractivity contribution in [3.05, 3.63) is 42.1 Å². The topological polar surface area (TPSA) is 103 Å². The normalized spacial score (nSPS) is 17.6. The molecule has 0 spiro atoms. The molecule has 1 fully saturated rings. The second-order valence-electron chi connectivity index (χ2n) is 7.06. The lowest BCUT2D eigenvalue weighted by Crippen LogP contribution is -2.44. The molecular weight excluding hydrogens is 360 g/mol. The standard InChI is InChI=1S/C20H24N4O4/c1-23-10-8-16(19(23)27)20(28)24(2)12-13(25)11-22-18(26)15-5-3-7-17-14(15)6-4-9-21-17/h3-7,9,13,16,25H,8,10-12H2,1-2H3,(H,22,26). The van der Waals surface area contributed by atoms with Gasteiger partial charge in [0.2, 0.25) is 11.8 Å². The molecule has 0 radical (unpaired) electrons. The average Bonchev–Trinajstić information content (AvgIpc) is 3.03. The van der Waals surface area contributed by atoms with E-state index in [-0.39, 0.29) is 30.8 Å². The van der Waals surface area contributed by atoms with Gasteiger partial charge in [0.25, 0.3) is 5.91 Å². The monoisotopic (exact) mass is 384 g/mol. The first-order valence-corrected chi connectivity index (χ1v) is 9.18. The molecule has 2 atom stereocenters. The molecule has 0 saturated carbocycles. The number of hydrogen-bond donors (Lipinski definition) is 2. The molecule has 8 nitrogen and oxygen atoms in total. The zero-order valence-electron chi connectivity index (χ0n) is 16.0. The molecule has 0 bridgehead atoms. The summed E-state index contributed by atoms with van der Waals surface area (Å²) in [6.07, 6.45) is 1.20. The highest BCUT2D eigenvalue weighted by molar-refractivity contribution is 6.06. The molecule has 1 aliphatic rings. The quantitative estimate of drug-likeness (QED) is 0.696. The Bertz CT molecular complexity index is 895. The zero-order chi connectivity index (χ0) is 20.3. The molecule has 28 heavy (non-hydrogen) atoms. The fourth-order valence-electron chi connectivity index (χ4n) is 3.40. The average molecular weight is 384 g/mol. The molecule has 2 unspecified atom stereocenters. The number of nitrogens with one attached hydrogen (secondary N) is 1. The van der Waals surface area contributed by atoms with E-state index >= 15 is 0 Å². The number of carbonyl (C=O) groups is 3. The number of benzene rings is 1. The number of fused-ring (bicyclic) bond motifs is 1. The van der Waals surface area contributed by atoms with Crippen molar-refractivity contribution in [2.45, 2.75) is 12.5 Å². The Hall–Kier alpha value is -3.00. The third-order valence-corrected chi connectivity index (χ3v) is 4.97. The van der Waals surface area contributed by atoms with Gasteiger partial charge >= 0.3 is 0 Å². The molecule has 3 rings (SSSR count). The van der Waals surface area contributed by atoms with Crippen LogP contribution in [0.5, 0.6) is 0 Å². The molecule has 1 aromatic carbocycles. The van der Waals surface area contributed by atoms with Crippen LogP contribution in [0.2, 0.25) is 0 Å². The van der Waals surface area contributed by atoms with Crippen molar-refractivity contribution < 1.29 is 19.5 Å². The fraction of sp³-hybridized carbons (Fsp3) is 0.400. The SMILES string of the molecule is CN1CCC(C(=O)N(C)CC(O)CNC(=O)c2cccc3ncccc23)C1=O. The van der Waals surface area contributed by atoms with Gasteiger partial charge in [0.1, 0.15) is 5.92 Å². The predicted octanol–water partition coefficient (Wildman–Crippen LogP) is 0.262. The number of rotatable bonds is 6. The molecule has 1 aliphatic heterocycles. The molecule has 2 N–H and O–H groups in total. The van der Waals surface area contributed by atoms with Crippen molar-refractivity contribution in [1.82, 2.24) is 20.1 Å². The Labute approximate surface area is 163 Å². The lowest BCUT2D eigenvalue weighted by molar-refractivity contribution is -0.142. The van der Waals surface area contributed by atoms with Crippen LogP contribution >= 0.6 is 0 Å². The van der Waals surface area contributed by atoms with Gasteiger partial charge in [-0.1, -0.05) is 12.1 Å². The van der Waals surface area contributed by atoms with Crippen molar-refractivity contribution in [1.29, 1.82) is 0 Å². The minimum atomic E-state index is -0.944. The number of amides is 3. The number of hydrogen-bond acceptors (Lipinski definition) is 5. The van der Waals surface area contributed by atoms with E-state index in [0.717, 1.165) is 5.39 Å². The van der Waals surface area contributed by atoms with Gasteiger partial charge in [-0.05, 0) is 24.6 Å². The Morgan fingerprint density at radius 1 is 1.36 bits per heavy atom. The van der Waals surface area contributed by atoms with Gasteiger partial charge in [-0.2, -0.15) is 0 Å². The summed E-state index contributed by atoms with van der Waals surface area (Å²) in [6, 6.07) is 8.85. The number of aliphatic hydroxyl groups is 1. The van der Waals surface area contributed by atoms with Gasteiger partial charge in [0.05, 0.1) is 11.6 Å². The first-order valence-electron chi connectivity index (χ1n) is 9.18. The van der Waals surface area contributed by atoms with Crippen LogP contribution in [0.3, 0.4) is 0 Å². The largest absolute Gasteiger partial charge is 0.389 e. The number of likely N-dealkylation sites (N-methyl/N-ethyl adjacent to an activating group) is 1. The van der Waals surface area contributed by atoms with Crippen LogP contribution in [-0.4, -0.2) is 77.4 Å². The number of carbonyl (C=O) groups excluding carboxylic acids is 3. The Morgan fingerprint density at radius 3 is 2.86 bits per heavy atom. The van der Waals surface area contributed by atoms with Gasteiger partial charge in [0, 0.05) is 50.9 Å². The van der Waals surface area contributed by atoms with Gasteiger partial charge in [0.15, 0.2) is 0 Å². The highest BCUT2D eigenvalue weighted by atomic mass is 16.3. The summed E-state index contributed by atoms with van der Waals surface area (Å²) < 4.78 is 0. The summed E-state index contributed by atoms with van der Waals surface area (Å²) in [5.74, 6) is -1.50. The second kappa shape index (κ2) is 8.35. The van der Waals surface area contributed by atoms with Crippen LogP contribution in [0, 0.1) is 5.92 Å². The first-order chi connectivity index (χ1) is 13.4. The van der Waals surface area contributed by atoms with E-state index in [1.54, 1.807) is 38.5 Å². The van der Waals surface area contributed by atoms with E-state index < -0.39 is 12.0 Å². The maximum absolute atomic E-state index is 12.5. The molecule has 2 aromatic rings. The molecule has 8 heteroatoms. The van der Waals surface area contributed by atoms with Crippen LogP contribution in [0.1, 0.15) is 16.8 Å². The number of aliphatic hydroxyl groups excluding tert-OH is 1. The summed E-state index contributed by atoms with van der Waals surface area (Å²) in [5, 5.41) is 13.6. The van der Waals surface area contributed by atoms with Crippen molar-refractivity contribution in [3.8, 4) is 0 Å². The van der Waals surface area contributed by atoms with Crippen molar-refractivity contribution in [2.24, 2.45) is 5.92 Å². The van der Waals surface area contributed by atoms with Gasteiger partial charge in [-0.25, -0.2) is 0 Å². The van der Waals surface area contributed by atoms with Gasteiger partial charge < -0.3 is 20.2 Å². The molecule has 148 valence electrons. The molecule has 1 saturated heterocycles. The van der Waals surface area contributed by atoms with Gasteiger partial charge in [-0.3, -0.25) is 19.4 Å². The third-order valence-electron chi connectivity index (χ3n) is 4.97.